The van der Waals surface area contributed by atoms with Gasteiger partial charge in [-0.25, -0.2) is 0 Å². The second-order valence-electron chi connectivity index (χ2n) is 6.06. The number of aliphatic hydroxyl groups is 1. The van der Waals surface area contributed by atoms with Gasteiger partial charge in [-0.05, 0) is 32.0 Å². The number of carbonyl (C=O) groups excluding carboxylic acids is 3. The van der Waals surface area contributed by atoms with Crippen LogP contribution in [0.15, 0.2) is 18.2 Å². The van der Waals surface area contributed by atoms with Crippen LogP contribution < -0.4 is 15.4 Å². The summed E-state index contributed by atoms with van der Waals surface area (Å²) in [4.78, 5) is 35.2. The van der Waals surface area contributed by atoms with E-state index in [0.717, 1.165) is 0 Å². The average molecular weight is 320 g/mol. The number of anilines is 1. The van der Waals surface area contributed by atoms with Gasteiger partial charge in [-0.2, -0.15) is 0 Å². The lowest BCUT2D eigenvalue weighted by Gasteiger charge is -2.23. The number of carbonyl (C=O) groups is 3. The van der Waals surface area contributed by atoms with Gasteiger partial charge in [0.1, 0.15) is 5.75 Å². The summed E-state index contributed by atoms with van der Waals surface area (Å²) in [5.74, 6) is -0.257. The molecule has 0 aliphatic carbocycles. The Morgan fingerprint density at radius 2 is 2.09 bits per heavy atom. The molecular weight excluding hydrogens is 300 g/mol. The van der Waals surface area contributed by atoms with E-state index in [1.807, 2.05) is 0 Å². The van der Waals surface area contributed by atoms with Crippen LogP contribution >= 0.6 is 0 Å². The van der Waals surface area contributed by atoms with E-state index in [9.17, 15) is 14.4 Å². The maximum atomic E-state index is 12.2. The second kappa shape index (κ2) is 6.78. The van der Waals surface area contributed by atoms with Crippen LogP contribution in [-0.2, 0) is 9.59 Å². The molecule has 3 N–H and O–H groups in total. The highest BCUT2D eigenvalue weighted by Gasteiger charge is 2.21. The fraction of sp³-hybridized carbons (Fsp3) is 0.438. The number of fused-ring (bicyclic) bond motifs is 1. The molecule has 0 unspecified atom stereocenters. The minimum atomic E-state index is -0.715. The molecule has 1 aliphatic heterocycles. The Kier molecular flexibility index (Phi) is 5.00. The zero-order valence-electron chi connectivity index (χ0n) is 13.1. The summed E-state index contributed by atoms with van der Waals surface area (Å²) in [6.07, 6.45) is 0.0726. The third-order valence-electron chi connectivity index (χ3n) is 3.39. The van der Waals surface area contributed by atoms with Crippen LogP contribution in [0.4, 0.5) is 5.69 Å². The highest BCUT2D eigenvalue weighted by Crippen LogP contribution is 2.28. The molecule has 0 atom stereocenters. The Morgan fingerprint density at radius 3 is 2.78 bits per heavy atom. The Hall–Kier alpha value is -2.41. The zero-order valence-corrected chi connectivity index (χ0v) is 13.1. The fourth-order valence-corrected chi connectivity index (χ4v) is 2.11. The lowest BCUT2D eigenvalue weighted by atomic mass is 10.0. The second-order valence-corrected chi connectivity index (χ2v) is 6.06. The molecule has 1 aliphatic rings. The lowest BCUT2D eigenvalue weighted by molar-refractivity contribution is -0.123. The van der Waals surface area contributed by atoms with Crippen LogP contribution in [0.3, 0.4) is 0 Å². The maximum absolute atomic E-state index is 12.2. The summed E-state index contributed by atoms with van der Waals surface area (Å²) >= 11 is 0. The number of ketones is 1. The van der Waals surface area contributed by atoms with E-state index in [1.54, 1.807) is 32.0 Å². The van der Waals surface area contributed by atoms with Gasteiger partial charge in [-0.3, -0.25) is 14.4 Å². The molecular formula is C16H20N2O5. The number of aliphatic hydroxyl groups excluding tert-OH is 1. The molecule has 0 spiro atoms. The Morgan fingerprint density at radius 1 is 1.35 bits per heavy atom. The number of amides is 2. The molecule has 0 bridgehead atoms. The predicted octanol–water partition coefficient (Wildman–Crippen LogP) is 0.867. The van der Waals surface area contributed by atoms with Crippen LogP contribution in [0.5, 0.6) is 5.75 Å². The first-order valence-corrected chi connectivity index (χ1v) is 7.32. The van der Waals surface area contributed by atoms with Crippen molar-refractivity contribution >= 4 is 23.3 Å². The van der Waals surface area contributed by atoms with Crippen molar-refractivity contribution in [1.29, 1.82) is 0 Å². The van der Waals surface area contributed by atoms with Crippen molar-refractivity contribution in [1.82, 2.24) is 5.32 Å². The van der Waals surface area contributed by atoms with Crippen molar-refractivity contribution < 1.29 is 24.2 Å². The van der Waals surface area contributed by atoms with Crippen molar-refractivity contribution in [3.63, 3.8) is 0 Å². The molecule has 2 amide bonds. The van der Waals surface area contributed by atoms with Crippen molar-refractivity contribution in [2.45, 2.75) is 32.2 Å². The first-order valence-electron chi connectivity index (χ1n) is 7.32. The molecule has 0 saturated carbocycles. The van der Waals surface area contributed by atoms with Gasteiger partial charge in [-0.15, -0.1) is 0 Å². The highest BCUT2D eigenvalue weighted by atomic mass is 16.5. The van der Waals surface area contributed by atoms with Gasteiger partial charge >= 0.3 is 0 Å². The fourth-order valence-electron chi connectivity index (χ4n) is 2.11. The summed E-state index contributed by atoms with van der Waals surface area (Å²) < 4.78 is 5.22. The number of Topliss-reactive ketones (excluding diaryl/α,β-unsaturated/α-hetero) is 1. The number of benzene rings is 1. The molecule has 124 valence electrons. The van der Waals surface area contributed by atoms with Gasteiger partial charge < -0.3 is 20.5 Å². The normalized spacial score (nSPS) is 13.6. The van der Waals surface area contributed by atoms with Gasteiger partial charge in [0.2, 0.25) is 5.91 Å². The molecule has 23 heavy (non-hydrogen) atoms. The summed E-state index contributed by atoms with van der Waals surface area (Å²) in [6.45, 7) is 3.16. The molecule has 0 fully saturated rings. The Balaban J connectivity index is 1.95. The lowest BCUT2D eigenvalue weighted by Crippen LogP contribution is -2.46. The van der Waals surface area contributed by atoms with E-state index in [-0.39, 0.29) is 43.7 Å². The van der Waals surface area contributed by atoms with Crippen LogP contribution in [0.2, 0.25) is 0 Å². The van der Waals surface area contributed by atoms with Gasteiger partial charge in [0.15, 0.2) is 12.4 Å². The van der Waals surface area contributed by atoms with Crippen LogP contribution in [-0.4, -0.2) is 41.5 Å². The summed E-state index contributed by atoms with van der Waals surface area (Å²) in [6, 6.07) is 4.77. The quantitative estimate of drug-likeness (QED) is 0.675. The Bertz CT molecular complexity index is 639. The number of hydrogen-bond acceptors (Lipinski definition) is 5. The van der Waals surface area contributed by atoms with Gasteiger partial charge in [0.05, 0.1) is 17.8 Å². The summed E-state index contributed by atoms with van der Waals surface area (Å²) in [5.41, 5.74) is 0.148. The van der Waals surface area contributed by atoms with E-state index in [2.05, 4.69) is 10.6 Å². The SMILES string of the molecule is CC(C)(CO)NC(=O)CCC(=O)c1ccc2c(c1)NC(=O)CO2. The minimum absolute atomic E-state index is 0.0300. The smallest absolute Gasteiger partial charge is 0.262 e. The molecule has 1 heterocycles. The van der Waals surface area contributed by atoms with Crippen LogP contribution in [0.1, 0.15) is 37.0 Å². The molecule has 1 aromatic carbocycles. The monoisotopic (exact) mass is 320 g/mol. The van der Waals surface area contributed by atoms with Crippen LogP contribution in [0.25, 0.3) is 0 Å². The molecule has 2 rings (SSSR count). The number of hydrogen-bond donors (Lipinski definition) is 3. The van der Waals surface area contributed by atoms with Crippen molar-refractivity contribution in [2.75, 3.05) is 18.5 Å². The average Bonchev–Trinajstić information content (AvgIpc) is 2.51. The van der Waals surface area contributed by atoms with Crippen molar-refractivity contribution in [2.24, 2.45) is 0 Å². The van der Waals surface area contributed by atoms with Crippen molar-refractivity contribution in [3.8, 4) is 5.75 Å². The Labute approximate surface area is 134 Å². The molecule has 0 aromatic heterocycles. The minimum Gasteiger partial charge on any atom is -0.482 e. The summed E-state index contributed by atoms with van der Waals surface area (Å²) in [7, 11) is 0. The van der Waals surface area contributed by atoms with E-state index in [0.29, 0.717) is 17.0 Å². The van der Waals surface area contributed by atoms with Crippen LogP contribution in [0, 0.1) is 0 Å². The largest absolute Gasteiger partial charge is 0.482 e. The van der Waals surface area contributed by atoms with E-state index in [1.165, 1.54) is 0 Å². The van der Waals surface area contributed by atoms with Gasteiger partial charge in [0.25, 0.3) is 5.91 Å². The first-order chi connectivity index (χ1) is 10.8. The standard InChI is InChI=1S/C16H20N2O5/c1-16(2,9-19)18-14(21)6-4-12(20)10-3-5-13-11(7-10)17-15(22)8-23-13/h3,5,7,19H,4,6,8-9H2,1-2H3,(H,17,22)(H,18,21). The number of ether oxygens (including phenoxy) is 1. The van der Waals surface area contributed by atoms with E-state index < -0.39 is 5.54 Å². The van der Waals surface area contributed by atoms with Gasteiger partial charge in [-0.1, -0.05) is 0 Å². The van der Waals surface area contributed by atoms with E-state index in [4.69, 9.17) is 9.84 Å². The third kappa shape index (κ3) is 4.53. The predicted molar refractivity (Wildman–Crippen MR) is 83.4 cm³/mol. The molecule has 0 saturated heterocycles. The third-order valence-corrected chi connectivity index (χ3v) is 3.39. The molecule has 1 aromatic rings. The topological polar surface area (TPSA) is 105 Å². The van der Waals surface area contributed by atoms with Crippen molar-refractivity contribution in [3.05, 3.63) is 23.8 Å². The molecule has 7 nitrogen and oxygen atoms in total. The first kappa shape index (κ1) is 17.0. The maximum Gasteiger partial charge on any atom is 0.262 e. The molecule has 0 radical (unpaired) electrons. The number of nitrogens with one attached hydrogen (secondary N) is 2. The number of rotatable bonds is 6. The summed E-state index contributed by atoms with van der Waals surface area (Å²) in [5, 5.41) is 14.4. The van der Waals surface area contributed by atoms with E-state index >= 15 is 0 Å². The zero-order chi connectivity index (χ0) is 17.0. The van der Waals surface area contributed by atoms with Gasteiger partial charge in [0, 0.05) is 18.4 Å². The molecule has 7 heteroatoms. The highest BCUT2D eigenvalue weighted by molar-refractivity contribution is 6.01.